The molecule has 1 amide bonds. The number of pyridine rings is 1. The van der Waals surface area contributed by atoms with Gasteiger partial charge in [-0.1, -0.05) is 11.6 Å². The Morgan fingerprint density at radius 1 is 1.08 bits per heavy atom. The van der Waals surface area contributed by atoms with Crippen LogP contribution in [0, 0.1) is 6.92 Å². The number of amides is 1. The minimum absolute atomic E-state index is 0. The minimum atomic E-state index is 0. The Morgan fingerprint density at radius 3 is 2.42 bits per heavy atom. The van der Waals surface area contributed by atoms with Crippen molar-refractivity contribution in [2.24, 2.45) is 5.73 Å². The lowest BCUT2D eigenvalue weighted by Gasteiger charge is -2.27. The van der Waals surface area contributed by atoms with Gasteiger partial charge in [0.15, 0.2) is 0 Å². The highest BCUT2D eigenvalue weighted by molar-refractivity contribution is 6.06. The van der Waals surface area contributed by atoms with Crippen LogP contribution in [0.3, 0.4) is 0 Å². The number of nitrogens with two attached hydrogens (primary N) is 1. The molecule has 3 N–H and O–H groups in total. The monoisotopic (exact) mass is 395 g/mol. The van der Waals surface area contributed by atoms with Crippen molar-refractivity contribution in [2.75, 3.05) is 0 Å². The summed E-state index contributed by atoms with van der Waals surface area (Å²) >= 11 is 0. The third-order valence-electron chi connectivity index (χ3n) is 5.33. The van der Waals surface area contributed by atoms with Crippen LogP contribution in [0.5, 0.6) is 0 Å². The number of aromatic nitrogens is 1. The predicted octanol–water partition coefficient (Wildman–Crippen LogP) is 4.26. The Bertz CT molecular complexity index is 784. The van der Waals surface area contributed by atoms with E-state index < -0.39 is 0 Å². The molecule has 6 heteroatoms. The Labute approximate surface area is 167 Å². The molecule has 1 heterocycles. The lowest BCUT2D eigenvalue weighted by molar-refractivity contribution is 0.0927. The largest absolute Gasteiger partial charge is 0.349 e. The molecule has 2 aliphatic rings. The maximum atomic E-state index is 12.9. The van der Waals surface area contributed by atoms with Gasteiger partial charge in [0.2, 0.25) is 0 Å². The van der Waals surface area contributed by atoms with Crippen LogP contribution >= 0.6 is 24.8 Å². The van der Waals surface area contributed by atoms with Gasteiger partial charge in [0.1, 0.15) is 0 Å². The standard InChI is InChI=1S/C20H25N3O.2ClH/c1-12-2-9-18-16(10-12)17(11-19(23-18)13-3-4-13)20(24)22-15-7-5-14(21)6-8-15;;/h2,9-11,13-15H,3-8,21H2,1H3,(H,22,24);2*1H. The van der Waals surface area contributed by atoms with Gasteiger partial charge < -0.3 is 11.1 Å². The highest BCUT2D eigenvalue weighted by atomic mass is 35.5. The number of hydrogen-bond donors (Lipinski definition) is 2. The smallest absolute Gasteiger partial charge is 0.252 e. The molecule has 0 spiro atoms. The summed E-state index contributed by atoms with van der Waals surface area (Å²) in [4.78, 5) is 17.7. The fraction of sp³-hybridized carbons (Fsp3) is 0.500. The Balaban J connectivity index is 0.00000121. The van der Waals surface area contributed by atoms with E-state index in [4.69, 9.17) is 10.7 Å². The lowest BCUT2D eigenvalue weighted by Crippen LogP contribution is -2.40. The van der Waals surface area contributed by atoms with Crippen LogP contribution in [0.15, 0.2) is 24.3 Å². The second kappa shape index (κ2) is 8.55. The molecule has 2 aromatic rings. The highest BCUT2D eigenvalue weighted by Crippen LogP contribution is 2.40. The molecule has 1 aromatic heterocycles. The molecular weight excluding hydrogens is 369 g/mol. The van der Waals surface area contributed by atoms with Crippen molar-refractivity contribution in [2.45, 2.75) is 63.5 Å². The quantitative estimate of drug-likeness (QED) is 0.815. The fourth-order valence-electron chi connectivity index (χ4n) is 3.66. The van der Waals surface area contributed by atoms with Gasteiger partial charge >= 0.3 is 0 Å². The van der Waals surface area contributed by atoms with Crippen LogP contribution in [0.25, 0.3) is 10.9 Å². The van der Waals surface area contributed by atoms with E-state index in [1.807, 2.05) is 12.1 Å². The molecule has 2 aliphatic carbocycles. The van der Waals surface area contributed by atoms with Crippen LogP contribution < -0.4 is 11.1 Å². The van der Waals surface area contributed by atoms with E-state index in [2.05, 4.69) is 24.4 Å². The second-order valence-electron chi connectivity index (χ2n) is 7.47. The molecule has 2 saturated carbocycles. The summed E-state index contributed by atoms with van der Waals surface area (Å²) in [5.74, 6) is 0.574. The third kappa shape index (κ3) is 4.48. The summed E-state index contributed by atoms with van der Waals surface area (Å²) in [7, 11) is 0. The van der Waals surface area contributed by atoms with E-state index >= 15 is 0 Å². The van der Waals surface area contributed by atoms with Crippen molar-refractivity contribution in [3.05, 3.63) is 41.1 Å². The lowest BCUT2D eigenvalue weighted by atomic mass is 9.91. The molecule has 0 unspecified atom stereocenters. The van der Waals surface area contributed by atoms with E-state index in [0.717, 1.165) is 53.4 Å². The Morgan fingerprint density at radius 2 is 1.77 bits per heavy atom. The zero-order valence-electron chi connectivity index (χ0n) is 15.0. The maximum absolute atomic E-state index is 12.9. The molecule has 0 atom stereocenters. The zero-order chi connectivity index (χ0) is 16.7. The highest BCUT2D eigenvalue weighted by Gasteiger charge is 2.28. The number of hydrogen-bond acceptors (Lipinski definition) is 3. The van der Waals surface area contributed by atoms with Crippen molar-refractivity contribution in [3.8, 4) is 0 Å². The number of nitrogens with zero attached hydrogens (tertiary/aromatic N) is 1. The molecule has 4 rings (SSSR count). The van der Waals surface area contributed by atoms with Crippen LogP contribution in [0.2, 0.25) is 0 Å². The Kier molecular flexibility index (Phi) is 6.89. The number of aryl methyl sites for hydroxylation is 1. The number of halogens is 2. The van der Waals surface area contributed by atoms with Crippen LogP contribution in [-0.2, 0) is 0 Å². The maximum Gasteiger partial charge on any atom is 0.252 e. The average molecular weight is 396 g/mol. The molecule has 26 heavy (non-hydrogen) atoms. The van der Waals surface area contributed by atoms with E-state index in [-0.39, 0.29) is 36.8 Å². The van der Waals surface area contributed by atoms with E-state index in [1.165, 1.54) is 12.8 Å². The summed E-state index contributed by atoms with van der Waals surface area (Å²) in [5.41, 5.74) is 9.90. The first-order valence-electron chi connectivity index (χ1n) is 9.08. The van der Waals surface area contributed by atoms with Gasteiger partial charge in [-0.3, -0.25) is 9.78 Å². The molecule has 0 saturated heterocycles. The van der Waals surface area contributed by atoms with Crippen molar-refractivity contribution in [3.63, 3.8) is 0 Å². The predicted molar refractivity (Wildman–Crippen MR) is 111 cm³/mol. The van der Waals surface area contributed by atoms with Gasteiger partial charge in [-0.05, 0) is 63.6 Å². The number of nitrogens with one attached hydrogen (secondary N) is 1. The van der Waals surface area contributed by atoms with Gasteiger partial charge in [0.05, 0.1) is 11.1 Å². The van der Waals surface area contributed by atoms with E-state index in [9.17, 15) is 4.79 Å². The number of carbonyl (C=O) groups is 1. The van der Waals surface area contributed by atoms with Crippen molar-refractivity contribution in [1.82, 2.24) is 10.3 Å². The normalized spacial score (nSPS) is 22.2. The molecule has 0 bridgehead atoms. The summed E-state index contributed by atoms with van der Waals surface area (Å²) in [5, 5.41) is 4.19. The first kappa shape index (κ1) is 20.9. The molecule has 1 aromatic carbocycles. The van der Waals surface area contributed by atoms with Crippen LogP contribution in [0.4, 0.5) is 0 Å². The first-order valence-corrected chi connectivity index (χ1v) is 9.08. The SMILES string of the molecule is Cc1ccc2nc(C3CC3)cc(C(=O)NC3CCC(N)CC3)c2c1.Cl.Cl. The van der Waals surface area contributed by atoms with Gasteiger partial charge in [0, 0.05) is 29.1 Å². The van der Waals surface area contributed by atoms with Gasteiger partial charge in [0.25, 0.3) is 5.91 Å². The minimum Gasteiger partial charge on any atom is -0.349 e. The summed E-state index contributed by atoms with van der Waals surface area (Å²) < 4.78 is 0. The fourth-order valence-corrected chi connectivity index (χ4v) is 3.66. The topological polar surface area (TPSA) is 68.0 Å². The summed E-state index contributed by atoms with van der Waals surface area (Å²) in [6.45, 7) is 2.05. The number of carbonyl (C=O) groups excluding carboxylic acids is 1. The van der Waals surface area contributed by atoms with E-state index in [1.54, 1.807) is 0 Å². The number of fused-ring (bicyclic) bond motifs is 1. The zero-order valence-corrected chi connectivity index (χ0v) is 16.7. The molecule has 0 aliphatic heterocycles. The molecule has 2 fully saturated rings. The average Bonchev–Trinajstić information content (AvgIpc) is 3.41. The summed E-state index contributed by atoms with van der Waals surface area (Å²) in [6, 6.07) is 8.73. The van der Waals surface area contributed by atoms with Crippen molar-refractivity contribution < 1.29 is 4.79 Å². The van der Waals surface area contributed by atoms with Gasteiger partial charge in [-0.2, -0.15) is 0 Å². The van der Waals surface area contributed by atoms with Crippen molar-refractivity contribution >= 4 is 41.6 Å². The van der Waals surface area contributed by atoms with Crippen LogP contribution in [0.1, 0.15) is 66.1 Å². The Hall–Kier alpha value is -1.36. The van der Waals surface area contributed by atoms with E-state index in [0.29, 0.717) is 12.0 Å². The van der Waals surface area contributed by atoms with Crippen molar-refractivity contribution in [1.29, 1.82) is 0 Å². The second-order valence-corrected chi connectivity index (χ2v) is 7.47. The summed E-state index contributed by atoms with van der Waals surface area (Å²) in [6.07, 6.45) is 6.32. The third-order valence-corrected chi connectivity index (χ3v) is 5.33. The van der Waals surface area contributed by atoms with Gasteiger partial charge in [-0.15, -0.1) is 24.8 Å². The van der Waals surface area contributed by atoms with Gasteiger partial charge in [-0.25, -0.2) is 0 Å². The molecule has 0 radical (unpaired) electrons. The molecule has 142 valence electrons. The molecule has 4 nitrogen and oxygen atoms in total. The number of rotatable bonds is 3. The van der Waals surface area contributed by atoms with Crippen LogP contribution in [-0.4, -0.2) is 23.0 Å². The first-order chi connectivity index (χ1) is 11.6. The molecular formula is C20H27Cl2N3O. The number of benzene rings is 1.